The molecule has 0 aliphatic carbocycles. The normalized spacial score (nSPS) is 18.9. The third-order valence-corrected chi connectivity index (χ3v) is 3.94. The Morgan fingerprint density at radius 2 is 1.65 bits per heavy atom. The molecule has 0 saturated heterocycles. The maximum atomic E-state index is 11.8. The van der Waals surface area contributed by atoms with Crippen LogP contribution in [0, 0.1) is 0 Å². The van der Waals surface area contributed by atoms with Gasteiger partial charge >= 0.3 is 5.12 Å². The van der Waals surface area contributed by atoms with Crippen LogP contribution in [0.3, 0.4) is 0 Å². The predicted octanol–water partition coefficient (Wildman–Crippen LogP) is -2.24. The van der Waals surface area contributed by atoms with Gasteiger partial charge in [0.2, 0.25) is 0 Å². The Morgan fingerprint density at radius 3 is 2.15 bits per heavy atom. The molecule has 5 N–H and O–H groups in total. The second kappa shape index (κ2) is 7.70. The topological polar surface area (TPSA) is 141 Å². The predicted molar refractivity (Wildman–Crippen MR) is 69.0 cm³/mol. The molecule has 7 nitrogen and oxygen atoms in total. The summed E-state index contributed by atoms with van der Waals surface area (Å²) in [7, 11) is 0. The van der Waals surface area contributed by atoms with E-state index in [2.05, 4.69) is 0 Å². The van der Waals surface area contributed by atoms with Crippen LogP contribution in [0.2, 0.25) is 0 Å². The van der Waals surface area contributed by atoms with Gasteiger partial charge in [-0.15, -0.1) is 0 Å². The number of aliphatic hydroxyl groups is 5. The van der Waals surface area contributed by atoms with Gasteiger partial charge in [-0.1, -0.05) is 18.2 Å². The van der Waals surface area contributed by atoms with Crippen LogP contribution in [0.15, 0.2) is 35.2 Å². The van der Waals surface area contributed by atoms with Crippen LogP contribution < -0.4 is 0 Å². The molecule has 0 aliphatic rings. The van der Waals surface area contributed by atoms with E-state index in [1.165, 1.54) is 12.1 Å². The van der Waals surface area contributed by atoms with Crippen molar-refractivity contribution in [2.45, 2.75) is 29.3 Å². The lowest BCUT2D eigenvalue weighted by molar-refractivity contribution is -0.140. The Hall–Kier alpha value is -1.00. The highest BCUT2D eigenvalue weighted by atomic mass is 32.2. The van der Waals surface area contributed by atoms with E-state index < -0.39 is 47.3 Å². The number of aliphatic hydroxyl groups excluding tert-OH is 5. The minimum absolute atomic E-state index is 0.140. The fraction of sp³-hybridized carbons (Fsp3) is 0.417. The van der Waals surface area contributed by atoms with Crippen LogP contribution in [-0.4, -0.2) is 66.2 Å². The first-order valence-electron chi connectivity index (χ1n) is 5.74. The van der Waals surface area contributed by atoms with Crippen LogP contribution in [-0.2, 0) is 16.0 Å². The molecule has 0 aliphatic heterocycles. The monoisotopic (exact) mass is 304 g/mol. The molecule has 0 amide bonds. The maximum absolute atomic E-state index is 11.8. The van der Waals surface area contributed by atoms with Crippen molar-refractivity contribution >= 4 is 16.3 Å². The van der Waals surface area contributed by atoms with Gasteiger partial charge in [0.1, 0.15) is 18.3 Å². The van der Waals surface area contributed by atoms with Crippen LogP contribution in [0.1, 0.15) is 0 Å². The fourth-order valence-electron chi connectivity index (χ4n) is 1.43. The number of hydrogen-bond acceptors (Lipinski definition) is 7. The van der Waals surface area contributed by atoms with Crippen molar-refractivity contribution in [2.75, 3.05) is 6.61 Å². The first kappa shape index (κ1) is 17.1. The van der Waals surface area contributed by atoms with Gasteiger partial charge in [-0.05, 0) is 12.1 Å². The van der Waals surface area contributed by atoms with Gasteiger partial charge in [0, 0.05) is 0 Å². The number of rotatable bonds is 6. The molecule has 1 aromatic carbocycles. The SMILES string of the molecule is O=C([C@H](O)[C@@H](O)[C@H](O)[C@H](O)CO)[S+]([O-])c1ccccc1. The minimum atomic E-state index is -2.21. The lowest BCUT2D eigenvalue weighted by Gasteiger charge is -2.24. The standard InChI is InChI=1S/C12H16O7S/c13-6-8(14)9(15)10(16)11(17)12(18)20(19)7-4-2-1-3-5-7/h1-5,8-11,13-17H,6H2/t8-,9-,10+,11-,20?/m1/s1. The Labute approximate surface area is 118 Å². The van der Waals surface area contributed by atoms with Crippen molar-refractivity contribution < 1.29 is 34.9 Å². The summed E-state index contributed by atoms with van der Waals surface area (Å²) < 4.78 is 11.8. The first-order valence-corrected chi connectivity index (χ1v) is 6.89. The molecule has 1 aromatic rings. The smallest absolute Gasteiger partial charge is 0.365 e. The molecule has 0 radical (unpaired) electrons. The van der Waals surface area contributed by atoms with Gasteiger partial charge in [0.25, 0.3) is 0 Å². The van der Waals surface area contributed by atoms with E-state index >= 15 is 0 Å². The van der Waals surface area contributed by atoms with E-state index in [0.717, 1.165) is 0 Å². The Morgan fingerprint density at radius 1 is 1.10 bits per heavy atom. The van der Waals surface area contributed by atoms with Crippen molar-refractivity contribution in [2.24, 2.45) is 0 Å². The molecule has 0 bridgehead atoms. The van der Waals surface area contributed by atoms with Gasteiger partial charge in [-0.25, -0.2) is 4.79 Å². The van der Waals surface area contributed by atoms with Crippen molar-refractivity contribution in [3.63, 3.8) is 0 Å². The summed E-state index contributed by atoms with van der Waals surface area (Å²) in [6, 6.07) is 7.57. The third-order valence-electron chi connectivity index (χ3n) is 2.64. The molecular formula is C12H16O7S. The molecule has 5 atom stereocenters. The maximum Gasteiger partial charge on any atom is 0.365 e. The molecule has 0 heterocycles. The molecule has 0 fully saturated rings. The van der Waals surface area contributed by atoms with Crippen molar-refractivity contribution in [1.82, 2.24) is 0 Å². The number of carbonyl (C=O) groups is 1. The fourth-order valence-corrected chi connectivity index (χ4v) is 2.43. The van der Waals surface area contributed by atoms with E-state index in [1.807, 2.05) is 0 Å². The van der Waals surface area contributed by atoms with Gasteiger partial charge in [-0.2, -0.15) is 0 Å². The Balaban J connectivity index is 2.76. The zero-order valence-corrected chi connectivity index (χ0v) is 11.2. The van der Waals surface area contributed by atoms with Gasteiger partial charge in [0.05, 0.1) is 17.8 Å². The quantitative estimate of drug-likeness (QED) is 0.374. The number of carbonyl (C=O) groups excluding carboxylic acids is 1. The van der Waals surface area contributed by atoms with E-state index in [1.54, 1.807) is 18.2 Å². The highest BCUT2D eigenvalue weighted by Crippen LogP contribution is 2.16. The lowest BCUT2D eigenvalue weighted by Crippen LogP contribution is -2.50. The summed E-state index contributed by atoms with van der Waals surface area (Å²) in [6.45, 7) is -0.860. The zero-order chi connectivity index (χ0) is 15.3. The summed E-state index contributed by atoms with van der Waals surface area (Å²) in [4.78, 5) is 11.9. The Kier molecular flexibility index (Phi) is 6.56. The van der Waals surface area contributed by atoms with E-state index in [9.17, 15) is 24.7 Å². The molecular weight excluding hydrogens is 288 g/mol. The summed E-state index contributed by atoms with van der Waals surface area (Å²) in [5.74, 6) is 0. The van der Waals surface area contributed by atoms with Crippen LogP contribution in [0.4, 0.5) is 0 Å². The second-order valence-electron chi connectivity index (χ2n) is 4.08. The molecule has 0 saturated carbocycles. The van der Waals surface area contributed by atoms with Crippen molar-refractivity contribution in [1.29, 1.82) is 0 Å². The summed E-state index contributed by atoms with van der Waals surface area (Å²) in [5.41, 5.74) is 0. The Bertz CT molecular complexity index is 427. The zero-order valence-electron chi connectivity index (χ0n) is 10.4. The van der Waals surface area contributed by atoms with Crippen LogP contribution >= 0.6 is 0 Å². The van der Waals surface area contributed by atoms with Crippen molar-refractivity contribution in [3.8, 4) is 0 Å². The molecule has 20 heavy (non-hydrogen) atoms. The molecule has 1 rings (SSSR count). The molecule has 1 unspecified atom stereocenters. The highest BCUT2D eigenvalue weighted by Gasteiger charge is 2.40. The molecule has 8 heteroatoms. The largest absolute Gasteiger partial charge is 0.604 e. The molecule has 0 aromatic heterocycles. The average Bonchev–Trinajstić information content (AvgIpc) is 2.51. The second-order valence-corrected chi connectivity index (χ2v) is 5.49. The summed E-state index contributed by atoms with van der Waals surface area (Å²) in [5, 5.41) is 45.0. The van der Waals surface area contributed by atoms with E-state index in [0.29, 0.717) is 0 Å². The minimum Gasteiger partial charge on any atom is -0.604 e. The summed E-state index contributed by atoms with van der Waals surface area (Å²) >= 11 is -2.21. The number of hydrogen-bond donors (Lipinski definition) is 5. The van der Waals surface area contributed by atoms with Gasteiger partial charge < -0.3 is 30.1 Å². The summed E-state index contributed by atoms with van der Waals surface area (Å²) in [6.07, 6.45) is -7.87. The lowest BCUT2D eigenvalue weighted by atomic mass is 10.0. The molecule has 112 valence electrons. The van der Waals surface area contributed by atoms with Gasteiger partial charge in [0.15, 0.2) is 11.0 Å². The first-order chi connectivity index (χ1) is 9.40. The molecule has 0 spiro atoms. The van der Waals surface area contributed by atoms with Gasteiger partial charge in [-0.3, -0.25) is 0 Å². The van der Waals surface area contributed by atoms with E-state index in [-0.39, 0.29) is 4.90 Å². The number of benzene rings is 1. The average molecular weight is 304 g/mol. The van der Waals surface area contributed by atoms with Crippen LogP contribution in [0.25, 0.3) is 0 Å². The third kappa shape index (κ3) is 4.00. The van der Waals surface area contributed by atoms with Crippen LogP contribution in [0.5, 0.6) is 0 Å². The van der Waals surface area contributed by atoms with Crippen molar-refractivity contribution in [3.05, 3.63) is 30.3 Å². The highest BCUT2D eigenvalue weighted by molar-refractivity contribution is 8.06. The van der Waals surface area contributed by atoms with E-state index in [4.69, 9.17) is 10.2 Å².